The van der Waals surface area contributed by atoms with Crippen LogP contribution in [0.2, 0.25) is 0 Å². The minimum Gasteiger partial charge on any atom is -0.507 e. The highest BCUT2D eigenvalue weighted by molar-refractivity contribution is 9.10. The van der Waals surface area contributed by atoms with Crippen molar-refractivity contribution in [2.45, 2.75) is 12.8 Å². The van der Waals surface area contributed by atoms with E-state index >= 15 is 0 Å². The third kappa shape index (κ3) is 8.24. The maximum Gasteiger partial charge on any atom is 0.124 e. The van der Waals surface area contributed by atoms with Gasteiger partial charge in [-0.15, -0.1) is 0 Å². The van der Waals surface area contributed by atoms with Gasteiger partial charge in [0, 0.05) is 45.6 Å². The lowest BCUT2D eigenvalue weighted by molar-refractivity contribution is 0.474. The van der Waals surface area contributed by atoms with Gasteiger partial charge >= 0.3 is 0 Å². The van der Waals surface area contributed by atoms with E-state index in [9.17, 15) is 10.2 Å². The second kappa shape index (κ2) is 11.9. The highest BCUT2D eigenvalue weighted by Gasteiger charge is 1.99. The Morgan fingerprint density at radius 1 is 0.778 bits per heavy atom. The van der Waals surface area contributed by atoms with Crippen LogP contribution < -0.4 is 5.32 Å². The van der Waals surface area contributed by atoms with Crippen molar-refractivity contribution in [3.8, 4) is 11.5 Å². The summed E-state index contributed by atoms with van der Waals surface area (Å²) < 4.78 is 1.84. The van der Waals surface area contributed by atoms with Crippen molar-refractivity contribution in [1.29, 1.82) is 0 Å². The van der Waals surface area contributed by atoms with Gasteiger partial charge in [-0.25, -0.2) is 0 Å². The Hall–Kier alpha value is -1.70. The molecule has 0 unspecified atom stereocenters. The topological polar surface area (TPSA) is 77.2 Å². The van der Waals surface area contributed by atoms with Crippen LogP contribution in [0.4, 0.5) is 0 Å². The molecule has 0 aliphatic carbocycles. The predicted octanol–water partition coefficient (Wildman–Crippen LogP) is 4.53. The van der Waals surface area contributed by atoms with Gasteiger partial charge < -0.3 is 15.5 Å². The summed E-state index contributed by atoms with van der Waals surface area (Å²) in [4.78, 5) is 8.69. The fourth-order valence-corrected chi connectivity index (χ4v) is 3.06. The molecule has 27 heavy (non-hydrogen) atoms. The Labute approximate surface area is 176 Å². The number of phenolic OH excluding ortho intramolecular Hbond substituents is 2. The fourth-order valence-electron chi connectivity index (χ4n) is 2.30. The van der Waals surface area contributed by atoms with Gasteiger partial charge in [-0.05, 0) is 62.3 Å². The molecule has 0 atom stereocenters. The van der Waals surface area contributed by atoms with Crippen LogP contribution in [-0.2, 0) is 0 Å². The molecule has 7 heteroatoms. The molecular formula is C20H23Br2N3O2. The van der Waals surface area contributed by atoms with Crippen LogP contribution in [-0.4, -0.2) is 48.8 Å². The average molecular weight is 497 g/mol. The second-order valence-electron chi connectivity index (χ2n) is 5.93. The zero-order chi connectivity index (χ0) is 19.5. The van der Waals surface area contributed by atoms with Crippen LogP contribution in [0, 0.1) is 0 Å². The molecule has 0 saturated carbocycles. The number of hydrogen-bond acceptors (Lipinski definition) is 5. The molecule has 0 aliphatic heterocycles. The van der Waals surface area contributed by atoms with E-state index in [2.05, 4.69) is 47.2 Å². The first-order chi connectivity index (χ1) is 13.1. The first kappa shape index (κ1) is 21.6. The largest absolute Gasteiger partial charge is 0.507 e. The molecular weight excluding hydrogens is 474 g/mol. The lowest BCUT2D eigenvalue weighted by Gasteiger charge is -2.02. The summed E-state index contributed by atoms with van der Waals surface area (Å²) >= 11 is 6.76. The summed E-state index contributed by atoms with van der Waals surface area (Å²) in [5, 5.41) is 22.8. The molecule has 0 spiro atoms. The average Bonchev–Trinajstić information content (AvgIpc) is 2.65. The predicted molar refractivity (Wildman–Crippen MR) is 119 cm³/mol. The van der Waals surface area contributed by atoms with Crippen molar-refractivity contribution in [2.24, 2.45) is 9.98 Å². The number of hydrogen-bond donors (Lipinski definition) is 3. The molecule has 0 radical (unpaired) electrons. The summed E-state index contributed by atoms with van der Waals surface area (Å²) in [6.45, 7) is 3.19. The third-order valence-electron chi connectivity index (χ3n) is 3.72. The van der Waals surface area contributed by atoms with Crippen LogP contribution in [0.15, 0.2) is 55.3 Å². The molecule has 0 aromatic heterocycles. The first-order valence-electron chi connectivity index (χ1n) is 8.73. The Morgan fingerprint density at radius 2 is 1.22 bits per heavy atom. The van der Waals surface area contributed by atoms with E-state index in [1.807, 2.05) is 12.1 Å². The van der Waals surface area contributed by atoms with Crippen LogP contribution in [0.1, 0.15) is 24.0 Å². The van der Waals surface area contributed by atoms with Gasteiger partial charge in [0.1, 0.15) is 11.5 Å². The SMILES string of the molecule is Oc1ccc(Br)cc1C=NCCCNCCCN=Cc1cc(Br)ccc1O. The van der Waals surface area contributed by atoms with Crippen molar-refractivity contribution in [3.63, 3.8) is 0 Å². The van der Waals surface area contributed by atoms with Crippen LogP contribution in [0.3, 0.4) is 0 Å². The summed E-state index contributed by atoms with van der Waals surface area (Å²) in [7, 11) is 0. The number of aromatic hydroxyl groups is 2. The highest BCUT2D eigenvalue weighted by Crippen LogP contribution is 2.20. The van der Waals surface area contributed by atoms with Crippen LogP contribution in [0.25, 0.3) is 0 Å². The first-order valence-corrected chi connectivity index (χ1v) is 10.3. The van der Waals surface area contributed by atoms with Gasteiger partial charge in [0.05, 0.1) is 0 Å². The molecule has 3 N–H and O–H groups in total. The monoisotopic (exact) mass is 495 g/mol. The third-order valence-corrected chi connectivity index (χ3v) is 4.71. The van der Waals surface area contributed by atoms with E-state index in [0.29, 0.717) is 24.2 Å². The molecule has 2 aromatic carbocycles. The van der Waals surface area contributed by atoms with Crippen LogP contribution in [0.5, 0.6) is 11.5 Å². The standard InChI is InChI=1S/C20H23Br2N3O2/c21-17-3-5-19(26)15(11-17)13-24-9-1-7-23-8-2-10-25-14-16-12-18(22)4-6-20(16)27/h3-6,11-14,23,26-27H,1-2,7-10H2. The van der Waals surface area contributed by atoms with Crippen molar-refractivity contribution < 1.29 is 10.2 Å². The Morgan fingerprint density at radius 3 is 1.67 bits per heavy atom. The number of phenols is 2. The zero-order valence-electron chi connectivity index (χ0n) is 14.9. The van der Waals surface area contributed by atoms with E-state index in [-0.39, 0.29) is 11.5 Å². The summed E-state index contributed by atoms with van der Waals surface area (Å²) in [5.41, 5.74) is 1.43. The smallest absolute Gasteiger partial charge is 0.124 e. The van der Waals surface area contributed by atoms with Gasteiger partial charge in [-0.2, -0.15) is 0 Å². The molecule has 0 aliphatic rings. The number of aliphatic imine (C=N–C) groups is 2. The number of rotatable bonds is 10. The Kier molecular flexibility index (Phi) is 9.52. The van der Waals surface area contributed by atoms with E-state index in [1.54, 1.807) is 36.7 Å². The number of halogens is 2. The highest BCUT2D eigenvalue weighted by atomic mass is 79.9. The minimum atomic E-state index is 0.233. The lowest BCUT2D eigenvalue weighted by Crippen LogP contribution is -2.18. The molecule has 0 saturated heterocycles. The number of nitrogens with one attached hydrogen (secondary N) is 1. The zero-order valence-corrected chi connectivity index (χ0v) is 18.1. The molecule has 0 fully saturated rings. The van der Waals surface area contributed by atoms with Gasteiger partial charge in [0.2, 0.25) is 0 Å². The normalized spacial score (nSPS) is 11.6. The van der Waals surface area contributed by atoms with Gasteiger partial charge in [-0.1, -0.05) is 31.9 Å². The maximum atomic E-state index is 9.73. The van der Waals surface area contributed by atoms with E-state index < -0.39 is 0 Å². The van der Waals surface area contributed by atoms with E-state index in [4.69, 9.17) is 0 Å². The second-order valence-corrected chi connectivity index (χ2v) is 7.77. The minimum absolute atomic E-state index is 0.233. The molecule has 0 heterocycles. The Bertz CT molecular complexity index is 729. The quantitative estimate of drug-likeness (QED) is 0.334. The molecule has 2 rings (SSSR count). The molecule has 144 valence electrons. The van der Waals surface area contributed by atoms with E-state index in [1.165, 1.54) is 0 Å². The summed E-state index contributed by atoms with van der Waals surface area (Å²) in [6, 6.07) is 10.6. The fraction of sp³-hybridized carbons (Fsp3) is 0.300. The summed E-state index contributed by atoms with van der Waals surface area (Å²) in [6.07, 6.45) is 5.26. The van der Waals surface area contributed by atoms with Crippen molar-refractivity contribution >= 4 is 44.3 Å². The molecule has 0 bridgehead atoms. The number of nitrogens with zero attached hydrogens (tertiary/aromatic N) is 2. The van der Waals surface area contributed by atoms with Gasteiger partial charge in [-0.3, -0.25) is 9.98 Å². The number of benzene rings is 2. The van der Waals surface area contributed by atoms with Crippen molar-refractivity contribution in [1.82, 2.24) is 5.32 Å². The van der Waals surface area contributed by atoms with Gasteiger partial charge in [0.25, 0.3) is 0 Å². The maximum absolute atomic E-state index is 9.73. The molecule has 5 nitrogen and oxygen atoms in total. The molecule has 2 aromatic rings. The van der Waals surface area contributed by atoms with E-state index in [0.717, 1.165) is 34.9 Å². The van der Waals surface area contributed by atoms with Crippen LogP contribution >= 0.6 is 31.9 Å². The lowest BCUT2D eigenvalue weighted by atomic mass is 10.2. The molecule has 0 amide bonds. The summed E-state index contributed by atoms with van der Waals surface area (Å²) in [5.74, 6) is 0.466. The van der Waals surface area contributed by atoms with Gasteiger partial charge in [0.15, 0.2) is 0 Å². The Balaban J connectivity index is 1.55. The van der Waals surface area contributed by atoms with Crippen molar-refractivity contribution in [2.75, 3.05) is 26.2 Å². The van der Waals surface area contributed by atoms with Crippen molar-refractivity contribution in [3.05, 3.63) is 56.5 Å².